The first kappa shape index (κ1) is 10.2. The quantitative estimate of drug-likeness (QED) is 0.673. The minimum Gasteiger partial charge on any atom is -0.297 e. The molecule has 0 amide bonds. The van der Waals surface area contributed by atoms with E-state index in [-0.39, 0.29) is 0 Å². The van der Waals surface area contributed by atoms with E-state index in [1.165, 1.54) is 30.4 Å². The van der Waals surface area contributed by atoms with Gasteiger partial charge in [-0.25, -0.2) is 0 Å². The zero-order valence-corrected chi connectivity index (χ0v) is 9.32. The third-order valence-electron chi connectivity index (χ3n) is 2.78. The van der Waals surface area contributed by atoms with Crippen LogP contribution in [0, 0.1) is 6.92 Å². The third-order valence-corrected chi connectivity index (χ3v) is 2.78. The summed E-state index contributed by atoms with van der Waals surface area (Å²) < 4.78 is 0. The first-order chi connectivity index (χ1) is 7.34. The van der Waals surface area contributed by atoms with Crippen LogP contribution in [0.15, 0.2) is 29.4 Å². The van der Waals surface area contributed by atoms with Crippen molar-refractivity contribution in [2.45, 2.75) is 26.2 Å². The largest absolute Gasteiger partial charge is 0.297 e. The van der Waals surface area contributed by atoms with E-state index >= 15 is 0 Å². The lowest BCUT2D eigenvalue weighted by molar-refractivity contribution is 0.240. The fourth-order valence-electron chi connectivity index (χ4n) is 1.79. The monoisotopic (exact) mass is 202 g/mol. The van der Waals surface area contributed by atoms with Gasteiger partial charge in [-0.15, -0.1) is 0 Å². The van der Waals surface area contributed by atoms with Crippen LogP contribution in [0.5, 0.6) is 0 Å². The van der Waals surface area contributed by atoms with E-state index in [0.29, 0.717) is 0 Å². The molecule has 80 valence electrons. The number of piperidine rings is 1. The van der Waals surface area contributed by atoms with Crippen LogP contribution in [0.4, 0.5) is 0 Å². The summed E-state index contributed by atoms with van der Waals surface area (Å²) in [6.07, 6.45) is 5.89. The fraction of sp³-hybridized carbons (Fsp3) is 0.462. The maximum atomic E-state index is 4.49. The smallest absolute Gasteiger partial charge is 0.0542 e. The van der Waals surface area contributed by atoms with Gasteiger partial charge < -0.3 is 0 Å². The average molecular weight is 202 g/mol. The molecule has 0 N–H and O–H groups in total. The van der Waals surface area contributed by atoms with Crippen molar-refractivity contribution in [3.63, 3.8) is 0 Å². The topological polar surface area (TPSA) is 15.6 Å². The fourth-order valence-corrected chi connectivity index (χ4v) is 1.79. The van der Waals surface area contributed by atoms with Crippen LogP contribution in [-0.2, 0) is 0 Å². The minimum atomic E-state index is 1.11. The van der Waals surface area contributed by atoms with Gasteiger partial charge in [-0.1, -0.05) is 29.8 Å². The van der Waals surface area contributed by atoms with E-state index in [4.69, 9.17) is 0 Å². The molecular weight excluding hydrogens is 184 g/mol. The summed E-state index contributed by atoms with van der Waals surface area (Å²) in [5.74, 6) is 0. The molecule has 0 atom stereocenters. The molecule has 2 heteroatoms. The first-order valence-electron chi connectivity index (χ1n) is 5.70. The molecule has 1 fully saturated rings. The molecule has 15 heavy (non-hydrogen) atoms. The standard InChI is InChI=1S/C13H18N2/c1-12-5-7-13(8-6-12)11-14-15-9-3-2-4-10-15/h5-8,11H,2-4,9-10H2,1H3/b14-11+. The Kier molecular flexibility index (Phi) is 3.38. The van der Waals surface area contributed by atoms with Crippen molar-refractivity contribution in [2.75, 3.05) is 13.1 Å². The Bertz CT molecular complexity index is 321. The van der Waals surface area contributed by atoms with E-state index in [2.05, 4.69) is 41.3 Å². The molecule has 0 bridgehead atoms. The molecule has 1 aromatic rings. The Hall–Kier alpha value is -1.31. The van der Waals surface area contributed by atoms with Gasteiger partial charge in [0.1, 0.15) is 0 Å². The molecule has 1 aromatic carbocycles. The van der Waals surface area contributed by atoms with Crippen molar-refractivity contribution < 1.29 is 0 Å². The lowest BCUT2D eigenvalue weighted by Gasteiger charge is -2.23. The molecule has 2 rings (SSSR count). The summed E-state index contributed by atoms with van der Waals surface area (Å²) in [6, 6.07) is 8.47. The van der Waals surface area contributed by atoms with Gasteiger partial charge in [-0.3, -0.25) is 5.01 Å². The van der Waals surface area contributed by atoms with Crippen LogP contribution in [-0.4, -0.2) is 24.3 Å². The van der Waals surface area contributed by atoms with Gasteiger partial charge in [-0.2, -0.15) is 5.10 Å². The Morgan fingerprint density at radius 2 is 1.73 bits per heavy atom. The number of rotatable bonds is 2. The number of hydrazone groups is 1. The molecule has 1 heterocycles. The highest BCUT2D eigenvalue weighted by Crippen LogP contribution is 2.08. The van der Waals surface area contributed by atoms with Crippen LogP contribution < -0.4 is 0 Å². The van der Waals surface area contributed by atoms with Crippen molar-refractivity contribution in [1.82, 2.24) is 5.01 Å². The summed E-state index contributed by atoms with van der Waals surface area (Å²) in [5.41, 5.74) is 2.48. The van der Waals surface area contributed by atoms with Crippen molar-refractivity contribution in [3.8, 4) is 0 Å². The van der Waals surface area contributed by atoms with Gasteiger partial charge in [0, 0.05) is 13.1 Å². The SMILES string of the molecule is Cc1ccc(/C=N/N2CCCCC2)cc1. The second-order valence-electron chi connectivity index (χ2n) is 4.17. The van der Waals surface area contributed by atoms with Crippen LogP contribution in [0.2, 0.25) is 0 Å². The second kappa shape index (κ2) is 4.96. The first-order valence-corrected chi connectivity index (χ1v) is 5.70. The Balaban J connectivity index is 1.95. The Morgan fingerprint density at radius 3 is 2.40 bits per heavy atom. The van der Waals surface area contributed by atoms with Gasteiger partial charge in [0.25, 0.3) is 0 Å². The van der Waals surface area contributed by atoms with E-state index < -0.39 is 0 Å². The predicted molar refractivity (Wildman–Crippen MR) is 64.2 cm³/mol. The van der Waals surface area contributed by atoms with E-state index in [0.717, 1.165) is 13.1 Å². The van der Waals surface area contributed by atoms with E-state index in [1.54, 1.807) is 0 Å². The van der Waals surface area contributed by atoms with Crippen LogP contribution in [0.25, 0.3) is 0 Å². The van der Waals surface area contributed by atoms with Gasteiger partial charge in [0.2, 0.25) is 0 Å². The molecule has 0 saturated carbocycles. The van der Waals surface area contributed by atoms with Gasteiger partial charge in [0.05, 0.1) is 6.21 Å². The van der Waals surface area contributed by atoms with Gasteiger partial charge in [-0.05, 0) is 31.7 Å². The van der Waals surface area contributed by atoms with Gasteiger partial charge in [0.15, 0.2) is 0 Å². The lowest BCUT2D eigenvalue weighted by atomic mass is 10.1. The summed E-state index contributed by atoms with van der Waals surface area (Å²) in [6.45, 7) is 4.33. The zero-order valence-electron chi connectivity index (χ0n) is 9.32. The molecule has 0 radical (unpaired) electrons. The molecule has 0 spiro atoms. The third kappa shape index (κ3) is 3.08. The number of aryl methyl sites for hydroxylation is 1. The van der Waals surface area contributed by atoms with Gasteiger partial charge >= 0.3 is 0 Å². The van der Waals surface area contributed by atoms with Crippen molar-refractivity contribution in [2.24, 2.45) is 5.10 Å². The highest BCUT2D eigenvalue weighted by atomic mass is 15.4. The maximum absolute atomic E-state index is 4.49. The van der Waals surface area contributed by atoms with Crippen molar-refractivity contribution in [1.29, 1.82) is 0 Å². The van der Waals surface area contributed by atoms with Crippen LogP contribution >= 0.6 is 0 Å². The van der Waals surface area contributed by atoms with Crippen molar-refractivity contribution >= 4 is 6.21 Å². The number of benzene rings is 1. The lowest BCUT2D eigenvalue weighted by Crippen LogP contribution is -2.24. The second-order valence-corrected chi connectivity index (χ2v) is 4.17. The number of hydrogen-bond donors (Lipinski definition) is 0. The highest BCUT2D eigenvalue weighted by molar-refractivity contribution is 5.79. The molecule has 2 nitrogen and oxygen atoms in total. The number of hydrogen-bond acceptors (Lipinski definition) is 2. The average Bonchev–Trinajstić information content (AvgIpc) is 2.30. The van der Waals surface area contributed by atoms with Crippen LogP contribution in [0.1, 0.15) is 30.4 Å². The molecule has 1 saturated heterocycles. The van der Waals surface area contributed by atoms with E-state index in [1.807, 2.05) is 6.21 Å². The maximum Gasteiger partial charge on any atom is 0.0542 e. The highest BCUT2D eigenvalue weighted by Gasteiger charge is 2.05. The summed E-state index contributed by atoms with van der Waals surface area (Å²) in [7, 11) is 0. The zero-order chi connectivity index (χ0) is 10.5. The molecule has 0 unspecified atom stereocenters. The predicted octanol–water partition coefficient (Wildman–Crippen LogP) is 2.81. The normalized spacial score (nSPS) is 17.3. The summed E-state index contributed by atoms with van der Waals surface area (Å²) in [5, 5.41) is 6.66. The Morgan fingerprint density at radius 1 is 1.07 bits per heavy atom. The molecule has 1 aliphatic heterocycles. The van der Waals surface area contributed by atoms with Crippen LogP contribution in [0.3, 0.4) is 0 Å². The minimum absolute atomic E-state index is 1.11. The summed E-state index contributed by atoms with van der Waals surface area (Å²) >= 11 is 0. The van der Waals surface area contributed by atoms with Crippen molar-refractivity contribution in [3.05, 3.63) is 35.4 Å². The molecular formula is C13H18N2. The number of nitrogens with zero attached hydrogens (tertiary/aromatic N) is 2. The van der Waals surface area contributed by atoms with E-state index in [9.17, 15) is 0 Å². The Labute approximate surface area is 91.6 Å². The summed E-state index contributed by atoms with van der Waals surface area (Å²) in [4.78, 5) is 0. The molecule has 0 aliphatic carbocycles. The molecule has 0 aromatic heterocycles. The molecule has 1 aliphatic rings.